The van der Waals surface area contributed by atoms with Gasteiger partial charge < -0.3 is 10.6 Å². The van der Waals surface area contributed by atoms with E-state index in [9.17, 15) is 4.79 Å². The minimum Gasteiger partial charge on any atom is -0.349 e. The SMILES string of the molecule is CC1(C)CCC(NC(=O)CC2CCCN2)c2ccccc21.Cl. The zero-order chi connectivity index (χ0) is 14.9. The molecule has 1 aliphatic carbocycles. The van der Waals surface area contributed by atoms with Gasteiger partial charge in [0, 0.05) is 12.5 Å². The second-order valence-electron chi connectivity index (χ2n) is 7.13. The number of hydrogen-bond acceptors (Lipinski definition) is 2. The molecule has 22 heavy (non-hydrogen) atoms. The number of fused-ring (bicyclic) bond motifs is 1. The first-order valence-corrected chi connectivity index (χ1v) is 8.18. The molecule has 2 N–H and O–H groups in total. The van der Waals surface area contributed by atoms with E-state index >= 15 is 0 Å². The summed E-state index contributed by atoms with van der Waals surface area (Å²) < 4.78 is 0. The van der Waals surface area contributed by atoms with Crippen molar-refractivity contribution < 1.29 is 4.79 Å². The van der Waals surface area contributed by atoms with Crippen molar-refractivity contribution >= 4 is 18.3 Å². The van der Waals surface area contributed by atoms with Gasteiger partial charge in [-0.25, -0.2) is 0 Å². The van der Waals surface area contributed by atoms with Gasteiger partial charge in [0.1, 0.15) is 0 Å². The van der Waals surface area contributed by atoms with Crippen LogP contribution in [0.1, 0.15) is 63.1 Å². The maximum absolute atomic E-state index is 12.3. The molecule has 1 fully saturated rings. The van der Waals surface area contributed by atoms with Crippen LogP contribution in [-0.2, 0) is 10.2 Å². The van der Waals surface area contributed by atoms with E-state index in [4.69, 9.17) is 0 Å². The molecule has 1 aromatic rings. The Balaban J connectivity index is 0.00000176. The predicted octanol–water partition coefficient (Wildman–Crippen LogP) is 3.48. The minimum atomic E-state index is 0. The molecular formula is C18H27ClN2O. The highest BCUT2D eigenvalue weighted by atomic mass is 35.5. The Morgan fingerprint density at radius 2 is 2.09 bits per heavy atom. The molecule has 0 aromatic heterocycles. The highest BCUT2D eigenvalue weighted by Gasteiger charge is 2.33. The van der Waals surface area contributed by atoms with Gasteiger partial charge in [0.05, 0.1) is 6.04 Å². The van der Waals surface area contributed by atoms with Crippen molar-refractivity contribution in [3.05, 3.63) is 35.4 Å². The predicted molar refractivity (Wildman–Crippen MR) is 92.5 cm³/mol. The highest BCUT2D eigenvalue weighted by Crippen LogP contribution is 2.41. The van der Waals surface area contributed by atoms with Crippen LogP contribution in [0.4, 0.5) is 0 Å². The molecule has 0 saturated carbocycles. The molecule has 0 spiro atoms. The first-order chi connectivity index (χ1) is 10.1. The molecular weight excluding hydrogens is 296 g/mol. The summed E-state index contributed by atoms with van der Waals surface area (Å²) in [6.45, 7) is 5.65. The topological polar surface area (TPSA) is 41.1 Å². The lowest BCUT2D eigenvalue weighted by molar-refractivity contribution is -0.122. The van der Waals surface area contributed by atoms with Crippen LogP contribution in [0.3, 0.4) is 0 Å². The van der Waals surface area contributed by atoms with Crippen LogP contribution in [0.2, 0.25) is 0 Å². The van der Waals surface area contributed by atoms with Gasteiger partial charge in [-0.2, -0.15) is 0 Å². The third-order valence-electron chi connectivity index (χ3n) is 5.05. The van der Waals surface area contributed by atoms with E-state index in [0.717, 1.165) is 25.8 Å². The first-order valence-electron chi connectivity index (χ1n) is 8.18. The van der Waals surface area contributed by atoms with Crippen LogP contribution in [-0.4, -0.2) is 18.5 Å². The van der Waals surface area contributed by atoms with E-state index in [1.54, 1.807) is 0 Å². The summed E-state index contributed by atoms with van der Waals surface area (Å²) in [6, 6.07) is 9.13. The van der Waals surface area contributed by atoms with E-state index in [1.807, 2.05) is 0 Å². The molecule has 0 bridgehead atoms. The number of carbonyl (C=O) groups excluding carboxylic acids is 1. The largest absolute Gasteiger partial charge is 0.349 e. The molecule has 3 nitrogen and oxygen atoms in total. The molecule has 3 rings (SSSR count). The summed E-state index contributed by atoms with van der Waals surface area (Å²) in [4.78, 5) is 12.3. The quantitative estimate of drug-likeness (QED) is 0.894. The van der Waals surface area contributed by atoms with Crippen molar-refractivity contribution in [1.29, 1.82) is 0 Å². The summed E-state index contributed by atoms with van der Waals surface area (Å²) >= 11 is 0. The van der Waals surface area contributed by atoms with Crippen molar-refractivity contribution in [3.8, 4) is 0 Å². The van der Waals surface area contributed by atoms with Gasteiger partial charge in [0.15, 0.2) is 0 Å². The fourth-order valence-corrected chi connectivity index (χ4v) is 3.77. The van der Waals surface area contributed by atoms with Gasteiger partial charge in [-0.05, 0) is 48.8 Å². The normalized spacial score (nSPS) is 25.9. The van der Waals surface area contributed by atoms with Crippen LogP contribution < -0.4 is 10.6 Å². The van der Waals surface area contributed by atoms with Gasteiger partial charge in [-0.1, -0.05) is 38.1 Å². The van der Waals surface area contributed by atoms with E-state index in [2.05, 4.69) is 48.7 Å². The van der Waals surface area contributed by atoms with E-state index in [0.29, 0.717) is 12.5 Å². The molecule has 1 aliphatic heterocycles. The van der Waals surface area contributed by atoms with Crippen LogP contribution in [0, 0.1) is 0 Å². The van der Waals surface area contributed by atoms with E-state index < -0.39 is 0 Å². The average molecular weight is 323 g/mol. The molecule has 1 saturated heterocycles. The number of rotatable bonds is 3. The Kier molecular flexibility index (Phi) is 5.51. The van der Waals surface area contributed by atoms with Crippen molar-refractivity contribution in [2.45, 2.75) is 63.5 Å². The summed E-state index contributed by atoms with van der Waals surface area (Å²) in [5.74, 6) is 0.189. The fraction of sp³-hybridized carbons (Fsp3) is 0.611. The molecule has 1 amide bonds. The van der Waals surface area contributed by atoms with Crippen LogP contribution in [0.5, 0.6) is 0 Å². The lowest BCUT2D eigenvalue weighted by atomic mass is 9.71. The number of benzene rings is 1. The zero-order valence-corrected chi connectivity index (χ0v) is 14.3. The Labute approximate surface area is 139 Å². The summed E-state index contributed by atoms with van der Waals surface area (Å²) in [7, 11) is 0. The number of hydrogen-bond donors (Lipinski definition) is 2. The standard InChI is InChI=1S/C18H26N2O.ClH/c1-18(2)10-9-16(14-7-3-4-8-15(14)18)20-17(21)12-13-6-5-11-19-13;/h3-4,7-8,13,16,19H,5-6,9-12H2,1-2H3,(H,20,21);1H. The van der Waals surface area contributed by atoms with Gasteiger partial charge in [0.2, 0.25) is 5.91 Å². The zero-order valence-electron chi connectivity index (χ0n) is 13.5. The number of halogens is 1. The van der Waals surface area contributed by atoms with Gasteiger partial charge >= 0.3 is 0 Å². The van der Waals surface area contributed by atoms with Crippen LogP contribution in [0.25, 0.3) is 0 Å². The lowest BCUT2D eigenvalue weighted by Crippen LogP contribution is -2.38. The lowest BCUT2D eigenvalue weighted by Gasteiger charge is -2.37. The summed E-state index contributed by atoms with van der Waals surface area (Å²) in [5, 5.41) is 6.66. The molecule has 2 atom stereocenters. The third kappa shape index (κ3) is 3.64. The van der Waals surface area contributed by atoms with Crippen molar-refractivity contribution in [3.63, 3.8) is 0 Å². The van der Waals surface area contributed by atoms with Crippen molar-refractivity contribution in [1.82, 2.24) is 10.6 Å². The van der Waals surface area contributed by atoms with Crippen molar-refractivity contribution in [2.75, 3.05) is 6.54 Å². The molecule has 2 aliphatic rings. The maximum atomic E-state index is 12.3. The summed E-state index contributed by atoms with van der Waals surface area (Å²) in [5.41, 5.74) is 2.91. The molecule has 122 valence electrons. The first kappa shape index (κ1) is 17.3. The fourth-order valence-electron chi connectivity index (χ4n) is 3.77. The van der Waals surface area contributed by atoms with Gasteiger partial charge in [-0.15, -0.1) is 12.4 Å². The molecule has 4 heteroatoms. The van der Waals surface area contributed by atoms with E-state index in [-0.39, 0.29) is 29.8 Å². The third-order valence-corrected chi connectivity index (χ3v) is 5.05. The highest BCUT2D eigenvalue weighted by molar-refractivity contribution is 5.85. The monoisotopic (exact) mass is 322 g/mol. The smallest absolute Gasteiger partial charge is 0.222 e. The Morgan fingerprint density at radius 3 is 2.82 bits per heavy atom. The second-order valence-corrected chi connectivity index (χ2v) is 7.13. The van der Waals surface area contributed by atoms with Crippen LogP contribution >= 0.6 is 12.4 Å². The van der Waals surface area contributed by atoms with Gasteiger partial charge in [0.25, 0.3) is 0 Å². The number of carbonyl (C=O) groups is 1. The number of amides is 1. The maximum Gasteiger partial charge on any atom is 0.222 e. The molecule has 1 heterocycles. The Morgan fingerprint density at radius 1 is 1.32 bits per heavy atom. The van der Waals surface area contributed by atoms with Gasteiger partial charge in [-0.3, -0.25) is 4.79 Å². The summed E-state index contributed by atoms with van der Waals surface area (Å²) in [6.07, 6.45) is 5.09. The van der Waals surface area contributed by atoms with Crippen molar-refractivity contribution in [2.24, 2.45) is 0 Å². The average Bonchev–Trinajstić information content (AvgIpc) is 2.95. The molecule has 1 aromatic carbocycles. The Bertz CT molecular complexity index is 524. The second kappa shape index (κ2) is 7.01. The Hall–Kier alpha value is -1.06. The molecule has 0 radical (unpaired) electrons. The van der Waals surface area contributed by atoms with E-state index in [1.165, 1.54) is 17.5 Å². The van der Waals surface area contributed by atoms with Crippen LogP contribution in [0.15, 0.2) is 24.3 Å². The minimum absolute atomic E-state index is 0. The number of nitrogens with one attached hydrogen (secondary N) is 2. The molecule has 2 unspecified atom stereocenters.